The molecule has 4 rings (SSSR count). The van der Waals surface area contributed by atoms with E-state index in [4.69, 9.17) is 4.74 Å². The van der Waals surface area contributed by atoms with E-state index >= 15 is 0 Å². The van der Waals surface area contributed by atoms with Crippen molar-refractivity contribution in [3.05, 3.63) is 66.1 Å². The summed E-state index contributed by atoms with van der Waals surface area (Å²) in [7, 11) is 1.77. The molecule has 1 saturated heterocycles. The van der Waals surface area contributed by atoms with E-state index in [1.54, 1.807) is 30.1 Å². The van der Waals surface area contributed by atoms with Gasteiger partial charge in [0, 0.05) is 48.8 Å². The summed E-state index contributed by atoms with van der Waals surface area (Å²) in [5.41, 5.74) is 3.35. The van der Waals surface area contributed by atoms with E-state index in [2.05, 4.69) is 15.3 Å². The molecule has 0 aliphatic carbocycles. The number of hydrogen-bond donors (Lipinski definition) is 1. The quantitative estimate of drug-likeness (QED) is 0.754. The van der Waals surface area contributed by atoms with Crippen LogP contribution in [0.4, 0.5) is 15.8 Å². The number of aryl methyl sites for hydroxylation is 1. The van der Waals surface area contributed by atoms with Crippen molar-refractivity contribution in [1.29, 1.82) is 0 Å². The second kappa shape index (κ2) is 7.82. The first-order chi connectivity index (χ1) is 13.6. The van der Waals surface area contributed by atoms with E-state index in [1.165, 1.54) is 12.1 Å². The third kappa shape index (κ3) is 3.89. The van der Waals surface area contributed by atoms with Gasteiger partial charge in [0.05, 0.1) is 18.9 Å². The van der Waals surface area contributed by atoms with Gasteiger partial charge < -0.3 is 15.0 Å². The molecule has 2 aromatic carbocycles. The van der Waals surface area contributed by atoms with Crippen molar-refractivity contribution in [2.45, 2.75) is 0 Å². The number of halogens is 1. The summed E-state index contributed by atoms with van der Waals surface area (Å²) in [4.78, 5) is 14.9. The fourth-order valence-electron chi connectivity index (χ4n) is 3.31. The van der Waals surface area contributed by atoms with E-state index in [-0.39, 0.29) is 11.5 Å². The van der Waals surface area contributed by atoms with E-state index in [0.29, 0.717) is 11.3 Å². The van der Waals surface area contributed by atoms with Crippen LogP contribution in [-0.2, 0) is 11.8 Å². The molecule has 144 valence electrons. The van der Waals surface area contributed by atoms with E-state index < -0.39 is 5.82 Å². The van der Waals surface area contributed by atoms with Gasteiger partial charge in [-0.1, -0.05) is 0 Å². The van der Waals surface area contributed by atoms with Crippen LogP contribution in [0.15, 0.2) is 54.7 Å². The zero-order valence-corrected chi connectivity index (χ0v) is 15.6. The maximum Gasteiger partial charge on any atom is 0.255 e. The molecular formula is C21H21FN4O2. The van der Waals surface area contributed by atoms with Crippen molar-refractivity contribution in [3.63, 3.8) is 0 Å². The van der Waals surface area contributed by atoms with Crippen LogP contribution in [-0.4, -0.2) is 42.0 Å². The largest absolute Gasteiger partial charge is 0.378 e. The third-order valence-electron chi connectivity index (χ3n) is 4.78. The first-order valence-corrected chi connectivity index (χ1v) is 9.13. The van der Waals surface area contributed by atoms with Crippen molar-refractivity contribution in [1.82, 2.24) is 9.78 Å². The van der Waals surface area contributed by atoms with Gasteiger partial charge in [-0.3, -0.25) is 9.48 Å². The fourth-order valence-corrected chi connectivity index (χ4v) is 3.31. The van der Waals surface area contributed by atoms with Crippen molar-refractivity contribution in [2.24, 2.45) is 7.05 Å². The molecule has 1 aliphatic heterocycles. The standard InChI is InChI=1S/C21H21FN4O2/c1-25-20(6-7-23-25)15-12-16(14-17(22)13-15)21(27)24-18-2-4-19(5-3-18)26-8-10-28-11-9-26/h2-7,12-14H,8-11H2,1H3,(H,24,27). The molecule has 0 bridgehead atoms. The molecule has 2 heterocycles. The molecule has 1 aromatic heterocycles. The van der Waals surface area contributed by atoms with Gasteiger partial charge in [-0.25, -0.2) is 4.39 Å². The van der Waals surface area contributed by atoms with Crippen molar-refractivity contribution < 1.29 is 13.9 Å². The second-order valence-electron chi connectivity index (χ2n) is 6.67. The van der Waals surface area contributed by atoms with Crippen LogP contribution in [0.5, 0.6) is 0 Å². The Morgan fingerprint density at radius 3 is 2.54 bits per heavy atom. The van der Waals surface area contributed by atoms with Crippen molar-refractivity contribution in [2.75, 3.05) is 36.5 Å². The number of nitrogens with one attached hydrogen (secondary N) is 1. The number of anilines is 2. The summed E-state index contributed by atoms with van der Waals surface area (Å²) in [6.45, 7) is 3.14. The van der Waals surface area contributed by atoms with Gasteiger partial charge in [-0.2, -0.15) is 5.10 Å². The van der Waals surface area contributed by atoms with Crippen LogP contribution in [0.1, 0.15) is 10.4 Å². The van der Waals surface area contributed by atoms with E-state index in [1.807, 2.05) is 24.3 Å². The lowest BCUT2D eigenvalue weighted by Gasteiger charge is -2.28. The smallest absolute Gasteiger partial charge is 0.255 e. The Balaban J connectivity index is 1.50. The molecule has 7 heteroatoms. The van der Waals surface area contributed by atoms with Crippen LogP contribution < -0.4 is 10.2 Å². The molecule has 1 fully saturated rings. The molecule has 1 amide bonds. The summed E-state index contributed by atoms with van der Waals surface area (Å²) >= 11 is 0. The number of hydrogen-bond acceptors (Lipinski definition) is 4. The molecule has 1 N–H and O–H groups in total. The molecule has 0 unspecified atom stereocenters. The Labute approximate surface area is 162 Å². The Hall–Kier alpha value is -3.19. The maximum atomic E-state index is 14.1. The lowest BCUT2D eigenvalue weighted by Crippen LogP contribution is -2.36. The topological polar surface area (TPSA) is 59.4 Å². The van der Waals surface area contributed by atoms with Crippen LogP contribution in [0.3, 0.4) is 0 Å². The summed E-state index contributed by atoms with van der Waals surface area (Å²) in [6, 6.07) is 13.7. The number of carbonyl (C=O) groups excluding carboxylic acids is 1. The predicted molar refractivity (Wildman–Crippen MR) is 106 cm³/mol. The number of amides is 1. The van der Waals surface area contributed by atoms with Crippen LogP contribution in [0.2, 0.25) is 0 Å². The highest BCUT2D eigenvalue weighted by atomic mass is 19.1. The average molecular weight is 380 g/mol. The maximum absolute atomic E-state index is 14.1. The average Bonchev–Trinajstić information content (AvgIpc) is 3.15. The molecule has 28 heavy (non-hydrogen) atoms. The number of nitrogens with zero attached hydrogens (tertiary/aromatic N) is 3. The van der Waals surface area contributed by atoms with Gasteiger partial charge >= 0.3 is 0 Å². The predicted octanol–water partition coefficient (Wildman–Crippen LogP) is 3.32. The summed E-state index contributed by atoms with van der Waals surface area (Å²) < 4.78 is 21.1. The number of aromatic nitrogens is 2. The molecule has 6 nitrogen and oxygen atoms in total. The highest BCUT2D eigenvalue weighted by molar-refractivity contribution is 6.05. The zero-order chi connectivity index (χ0) is 19.5. The normalized spacial score (nSPS) is 14.1. The van der Waals surface area contributed by atoms with Gasteiger partial charge in [-0.15, -0.1) is 0 Å². The Morgan fingerprint density at radius 2 is 1.86 bits per heavy atom. The van der Waals surface area contributed by atoms with Gasteiger partial charge in [0.15, 0.2) is 0 Å². The fraction of sp³-hybridized carbons (Fsp3) is 0.238. The van der Waals surface area contributed by atoms with Gasteiger partial charge in [-0.05, 0) is 48.5 Å². The molecule has 0 radical (unpaired) electrons. The third-order valence-corrected chi connectivity index (χ3v) is 4.78. The number of carbonyl (C=O) groups is 1. The molecule has 3 aromatic rings. The second-order valence-corrected chi connectivity index (χ2v) is 6.67. The Bertz CT molecular complexity index is 978. The molecule has 0 spiro atoms. The number of ether oxygens (including phenoxy) is 1. The van der Waals surface area contributed by atoms with Gasteiger partial charge in [0.25, 0.3) is 5.91 Å². The molecule has 0 atom stereocenters. The summed E-state index contributed by atoms with van der Waals surface area (Å²) in [6.07, 6.45) is 1.63. The molecular weight excluding hydrogens is 359 g/mol. The summed E-state index contributed by atoms with van der Waals surface area (Å²) in [5, 5.41) is 6.92. The van der Waals surface area contributed by atoms with Crippen molar-refractivity contribution >= 4 is 17.3 Å². The lowest BCUT2D eigenvalue weighted by atomic mass is 10.1. The van der Waals surface area contributed by atoms with Crippen LogP contribution in [0, 0.1) is 5.82 Å². The minimum atomic E-state index is -0.466. The minimum Gasteiger partial charge on any atom is -0.378 e. The Morgan fingerprint density at radius 1 is 1.11 bits per heavy atom. The monoisotopic (exact) mass is 380 g/mol. The number of rotatable bonds is 4. The van der Waals surface area contributed by atoms with Crippen LogP contribution >= 0.6 is 0 Å². The lowest BCUT2D eigenvalue weighted by molar-refractivity contribution is 0.102. The first kappa shape index (κ1) is 18.2. The van der Waals surface area contributed by atoms with Crippen molar-refractivity contribution in [3.8, 4) is 11.3 Å². The summed E-state index contributed by atoms with van der Waals surface area (Å²) in [5.74, 6) is -0.825. The van der Waals surface area contributed by atoms with Gasteiger partial charge in [0.1, 0.15) is 5.82 Å². The molecule has 0 saturated carbocycles. The van der Waals surface area contributed by atoms with Gasteiger partial charge in [0.2, 0.25) is 0 Å². The first-order valence-electron chi connectivity index (χ1n) is 9.13. The highest BCUT2D eigenvalue weighted by Crippen LogP contribution is 2.23. The number of morpholine rings is 1. The molecule has 1 aliphatic rings. The van der Waals surface area contributed by atoms with Crippen LogP contribution in [0.25, 0.3) is 11.3 Å². The van der Waals surface area contributed by atoms with E-state index in [9.17, 15) is 9.18 Å². The Kier molecular flexibility index (Phi) is 5.08. The SMILES string of the molecule is Cn1nccc1-c1cc(F)cc(C(=O)Nc2ccc(N3CCOCC3)cc2)c1. The zero-order valence-electron chi connectivity index (χ0n) is 15.6. The minimum absolute atomic E-state index is 0.258. The number of benzene rings is 2. The highest BCUT2D eigenvalue weighted by Gasteiger charge is 2.14. The van der Waals surface area contributed by atoms with E-state index in [0.717, 1.165) is 37.7 Å².